The van der Waals surface area contributed by atoms with Gasteiger partial charge in [-0.05, 0) is 38.6 Å². The smallest absolute Gasteiger partial charge is 0.128 e. The maximum atomic E-state index is 4.57. The third-order valence-electron chi connectivity index (χ3n) is 3.21. The number of alkyl halides is 1. The molecule has 17 heavy (non-hydrogen) atoms. The first-order chi connectivity index (χ1) is 8.20. The van der Waals surface area contributed by atoms with Gasteiger partial charge in [0.05, 0.1) is 0 Å². The predicted molar refractivity (Wildman–Crippen MR) is 75.8 cm³/mol. The monoisotopic (exact) mass is 297 g/mol. The third kappa shape index (κ3) is 3.19. The van der Waals surface area contributed by atoms with Gasteiger partial charge < -0.3 is 9.80 Å². The summed E-state index contributed by atoms with van der Waals surface area (Å²) < 4.78 is 0. The van der Waals surface area contributed by atoms with E-state index >= 15 is 0 Å². The minimum atomic E-state index is 0.618. The van der Waals surface area contributed by atoms with Crippen molar-refractivity contribution in [3.05, 3.63) is 23.9 Å². The van der Waals surface area contributed by atoms with Gasteiger partial charge in [-0.15, -0.1) is 0 Å². The zero-order chi connectivity index (χ0) is 12.3. The Morgan fingerprint density at radius 2 is 2.29 bits per heavy atom. The summed E-state index contributed by atoms with van der Waals surface area (Å²) in [5, 5.41) is 0.876. The maximum Gasteiger partial charge on any atom is 0.128 e. The molecular formula is C13H20BrN3. The summed E-state index contributed by atoms with van der Waals surface area (Å²) in [7, 11) is 4.27. The molecule has 0 amide bonds. The Bertz CT molecular complexity index is 350. The fraction of sp³-hybridized carbons (Fsp3) is 0.615. The molecule has 0 aromatic carbocycles. The van der Waals surface area contributed by atoms with Crippen LogP contribution in [0.4, 0.5) is 5.82 Å². The number of halogens is 1. The van der Waals surface area contributed by atoms with Gasteiger partial charge >= 0.3 is 0 Å². The Labute approximate surface area is 112 Å². The molecule has 0 N–H and O–H groups in total. The van der Waals surface area contributed by atoms with E-state index in [1.54, 1.807) is 0 Å². The Morgan fingerprint density at radius 3 is 2.88 bits per heavy atom. The summed E-state index contributed by atoms with van der Waals surface area (Å²) in [6.07, 6.45) is 4.52. The third-order valence-corrected chi connectivity index (χ3v) is 3.86. The van der Waals surface area contributed by atoms with Crippen molar-refractivity contribution in [1.82, 2.24) is 9.88 Å². The number of likely N-dealkylation sites (N-methyl/N-ethyl adjacent to an activating group) is 1. The zero-order valence-electron chi connectivity index (χ0n) is 10.6. The largest absolute Gasteiger partial charge is 0.352 e. The summed E-state index contributed by atoms with van der Waals surface area (Å²) in [6, 6.07) is 4.92. The first-order valence-electron chi connectivity index (χ1n) is 6.13. The van der Waals surface area contributed by atoms with Crippen LogP contribution in [0.5, 0.6) is 0 Å². The number of pyridine rings is 1. The van der Waals surface area contributed by atoms with Crippen molar-refractivity contribution < 1.29 is 0 Å². The molecule has 2 heterocycles. The van der Waals surface area contributed by atoms with Gasteiger partial charge in [0.1, 0.15) is 5.82 Å². The molecule has 0 saturated carbocycles. The van der Waals surface area contributed by atoms with Crippen LogP contribution in [-0.2, 0) is 5.33 Å². The molecule has 4 heteroatoms. The van der Waals surface area contributed by atoms with E-state index in [0.717, 1.165) is 24.2 Å². The normalized spacial score (nSPS) is 20.2. The summed E-state index contributed by atoms with van der Waals surface area (Å²) in [6.45, 7) is 2.25. The maximum absolute atomic E-state index is 4.57. The molecule has 1 aromatic rings. The van der Waals surface area contributed by atoms with Crippen LogP contribution in [-0.4, -0.2) is 43.1 Å². The molecule has 94 valence electrons. The van der Waals surface area contributed by atoms with E-state index < -0.39 is 0 Å². The van der Waals surface area contributed by atoms with Crippen LogP contribution in [0.3, 0.4) is 0 Å². The molecule has 3 nitrogen and oxygen atoms in total. The van der Waals surface area contributed by atoms with Gasteiger partial charge in [0.2, 0.25) is 0 Å². The van der Waals surface area contributed by atoms with Crippen LogP contribution >= 0.6 is 15.9 Å². The topological polar surface area (TPSA) is 19.4 Å². The molecule has 1 aromatic heterocycles. The summed E-state index contributed by atoms with van der Waals surface area (Å²) in [5.74, 6) is 1.12. The quantitative estimate of drug-likeness (QED) is 0.796. The summed E-state index contributed by atoms with van der Waals surface area (Å²) in [5.41, 5.74) is 1.23. The van der Waals surface area contributed by atoms with Gasteiger partial charge in [-0.3, -0.25) is 0 Å². The number of hydrogen-bond donors (Lipinski definition) is 0. The van der Waals surface area contributed by atoms with Gasteiger partial charge in [-0.1, -0.05) is 22.0 Å². The Balaban J connectivity index is 2.08. The predicted octanol–water partition coefficient (Wildman–Crippen LogP) is 2.51. The fourth-order valence-corrected chi connectivity index (χ4v) is 2.75. The van der Waals surface area contributed by atoms with Crippen molar-refractivity contribution in [3.8, 4) is 0 Å². The first-order valence-corrected chi connectivity index (χ1v) is 7.25. The lowest BCUT2D eigenvalue weighted by Gasteiger charge is -2.28. The second-order valence-electron chi connectivity index (χ2n) is 4.91. The van der Waals surface area contributed by atoms with Gasteiger partial charge in [0.25, 0.3) is 0 Å². The first kappa shape index (κ1) is 12.8. The SMILES string of the molecule is CN(C)CC1CCCN1c1ccc(CBr)cn1. The summed E-state index contributed by atoms with van der Waals surface area (Å²) >= 11 is 3.45. The lowest BCUT2D eigenvalue weighted by molar-refractivity contribution is 0.371. The number of rotatable bonds is 4. The molecule has 1 aliphatic rings. The molecular weight excluding hydrogens is 278 g/mol. The van der Waals surface area contributed by atoms with E-state index in [-0.39, 0.29) is 0 Å². The highest BCUT2D eigenvalue weighted by atomic mass is 79.9. The van der Waals surface area contributed by atoms with Crippen molar-refractivity contribution in [2.75, 3.05) is 32.1 Å². The minimum absolute atomic E-state index is 0.618. The number of hydrogen-bond acceptors (Lipinski definition) is 3. The second-order valence-corrected chi connectivity index (χ2v) is 5.47. The molecule has 0 spiro atoms. The molecule has 1 saturated heterocycles. The Morgan fingerprint density at radius 1 is 1.47 bits per heavy atom. The van der Waals surface area contributed by atoms with Crippen LogP contribution in [0, 0.1) is 0 Å². The van der Waals surface area contributed by atoms with E-state index in [0.29, 0.717) is 6.04 Å². The molecule has 0 bridgehead atoms. The van der Waals surface area contributed by atoms with Crippen LogP contribution in [0.15, 0.2) is 18.3 Å². The van der Waals surface area contributed by atoms with Gasteiger partial charge in [0.15, 0.2) is 0 Å². The van der Waals surface area contributed by atoms with E-state index in [2.05, 4.69) is 56.9 Å². The molecule has 1 fully saturated rings. The van der Waals surface area contributed by atoms with Crippen LogP contribution in [0.2, 0.25) is 0 Å². The minimum Gasteiger partial charge on any atom is -0.352 e. The Hall–Kier alpha value is -0.610. The van der Waals surface area contributed by atoms with Gasteiger partial charge in [-0.2, -0.15) is 0 Å². The van der Waals surface area contributed by atoms with Crippen molar-refractivity contribution in [2.45, 2.75) is 24.2 Å². The number of aromatic nitrogens is 1. The van der Waals surface area contributed by atoms with Crippen LogP contribution < -0.4 is 4.90 Å². The van der Waals surface area contributed by atoms with Crippen molar-refractivity contribution >= 4 is 21.7 Å². The fourth-order valence-electron chi connectivity index (χ4n) is 2.41. The van der Waals surface area contributed by atoms with Crippen molar-refractivity contribution in [1.29, 1.82) is 0 Å². The summed E-state index contributed by atoms with van der Waals surface area (Å²) in [4.78, 5) is 9.27. The average Bonchev–Trinajstić information content (AvgIpc) is 2.76. The van der Waals surface area contributed by atoms with Crippen LogP contribution in [0.1, 0.15) is 18.4 Å². The Kier molecular flexibility index (Phi) is 4.40. The lowest BCUT2D eigenvalue weighted by atomic mass is 10.2. The second kappa shape index (κ2) is 5.83. The molecule has 1 atom stereocenters. The van der Waals surface area contributed by atoms with Crippen LogP contribution in [0.25, 0.3) is 0 Å². The lowest BCUT2D eigenvalue weighted by Crippen LogP contribution is -2.37. The van der Waals surface area contributed by atoms with Crippen molar-refractivity contribution in [2.24, 2.45) is 0 Å². The molecule has 0 aliphatic carbocycles. The number of anilines is 1. The molecule has 2 rings (SSSR count). The standard InChI is InChI=1S/C13H20BrN3/c1-16(2)10-12-4-3-7-17(12)13-6-5-11(8-14)9-15-13/h5-6,9,12H,3-4,7-8,10H2,1-2H3. The van der Waals surface area contributed by atoms with Gasteiger partial charge in [-0.25, -0.2) is 4.98 Å². The number of nitrogens with zero attached hydrogens (tertiary/aromatic N) is 3. The van der Waals surface area contributed by atoms with Crippen molar-refractivity contribution in [3.63, 3.8) is 0 Å². The van der Waals surface area contributed by atoms with Gasteiger partial charge in [0, 0.05) is 30.7 Å². The average molecular weight is 298 g/mol. The van der Waals surface area contributed by atoms with E-state index in [4.69, 9.17) is 0 Å². The molecule has 1 unspecified atom stereocenters. The highest BCUT2D eigenvalue weighted by molar-refractivity contribution is 9.08. The molecule has 0 radical (unpaired) electrons. The van der Waals surface area contributed by atoms with E-state index in [1.807, 2.05) is 6.20 Å². The highest BCUT2D eigenvalue weighted by Gasteiger charge is 2.25. The zero-order valence-corrected chi connectivity index (χ0v) is 12.2. The van der Waals surface area contributed by atoms with E-state index in [1.165, 1.54) is 18.4 Å². The van der Waals surface area contributed by atoms with E-state index in [9.17, 15) is 0 Å². The molecule has 1 aliphatic heterocycles. The highest BCUT2D eigenvalue weighted by Crippen LogP contribution is 2.24.